The van der Waals surface area contributed by atoms with E-state index in [0.717, 1.165) is 0 Å². The molecule has 2 rings (SSSR count). The number of hydrogen-bond donors (Lipinski definition) is 0. The number of carbonyl (C=O) groups excluding carboxylic acids is 2. The fourth-order valence-electron chi connectivity index (χ4n) is 2.01. The summed E-state index contributed by atoms with van der Waals surface area (Å²) in [6, 6.07) is 12.4. The molecule has 0 aliphatic heterocycles. The molecule has 136 valence electrons. The number of carbonyl (C=O) groups is 2. The fourth-order valence-corrected chi connectivity index (χ4v) is 2.88. The molecule has 2 aromatic carbocycles. The minimum absolute atomic E-state index is 0.0188. The average molecular weight is 375 g/mol. The Morgan fingerprint density at radius 3 is 2.27 bits per heavy atom. The molecule has 2 aromatic rings. The van der Waals surface area contributed by atoms with E-state index in [4.69, 9.17) is 9.47 Å². The average Bonchev–Trinajstić information content (AvgIpc) is 2.66. The summed E-state index contributed by atoms with van der Waals surface area (Å²) in [6.07, 6.45) is 0. The largest absolute Gasteiger partial charge is 0.497 e. The maximum absolute atomic E-state index is 12.0. The Kier molecular flexibility index (Phi) is 6.74. The first-order valence-corrected chi connectivity index (χ1v) is 8.53. The lowest BCUT2D eigenvalue weighted by atomic mass is 10.1. The first kappa shape index (κ1) is 19.5. The summed E-state index contributed by atoms with van der Waals surface area (Å²) >= 11 is 1.20. The van der Waals surface area contributed by atoms with Crippen molar-refractivity contribution in [2.45, 2.75) is 17.1 Å². The van der Waals surface area contributed by atoms with Gasteiger partial charge in [0.1, 0.15) is 11.0 Å². The molecule has 0 fully saturated rings. The second kappa shape index (κ2) is 9.00. The van der Waals surface area contributed by atoms with Gasteiger partial charge in [-0.05, 0) is 43.3 Å². The Morgan fingerprint density at radius 2 is 1.73 bits per heavy atom. The Labute approximate surface area is 154 Å². The third-order valence-corrected chi connectivity index (χ3v) is 4.54. The summed E-state index contributed by atoms with van der Waals surface area (Å²) in [5.41, 5.74) is 0.406. The molecule has 0 heterocycles. The number of methoxy groups -OCH3 is 1. The second-order valence-electron chi connectivity index (χ2n) is 5.27. The van der Waals surface area contributed by atoms with Crippen LogP contribution in [0.4, 0.5) is 5.69 Å². The van der Waals surface area contributed by atoms with Crippen molar-refractivity contribution >= 4 is 29.2 Å². The van der Waals surface area contributed by atoms with E-state index in [-0.39, 0.29) is 18.1 Å². The molecule has 0 aliphatic rings. The zero-order valence-corrected chi connectivity index (χ0v) is 15.0. The van der Waals surface area contributed by atoms with Gasteiger partial charge in [-0.1, -0.05) is 0 Å². The van der Waals surface area contributed by atoms with Gasteiger partial charge in [0, 0.05) is 22.6 Å². The molecule has 1 atom stereocenters. The maximum Gasteiger partial charge on any atom is 0.319 e. The van der Waals surface area contributed by atoms with Gasteiger partial charge >= 0.3 is 5.97 Å². The van der Waals surface area contributed by atoms with E-state index in [2.05, 4.69) is 0 Å². The molecule has 0 spiro atoms. The van der Waals surface area contributed by atoms with Crippen LogP contribution in [0, 0.1) is 10.1 Å². The van der Waals surface area contributed by atoms with E-state index < -0.39 is 16.1 Å². The maximum atomic E-state index is 12.0. The molecule has 0 radical (unpaired) electrons. The minimum Gasteiger partial charge on any atom is -0.497 e. The Morgan fingerprint density at radius 1 is 1.12 bits per heavy atom. The summed E-state index contributed by atoms with van der Waals surface area (Å²) in [6.45, 7) is 1.29. The predicted octanol–water partition coefficient (Wildman–Crippen LogP) is 3.51. The lowest BCUT2D eigenvalue weighted by molar-refractivity contribution is -0.384. The SMILES string of the molecule is COc1ccc(C(=O)COC(=O)[C@H](C)Sc2ccc([N+](=O)[O-])cc2)cc1. The Hall–Kier alpha value is -2.87. The van der Waals surface area contributed by atoms with Crippen LogP contribution >= 0.6 is 11.8 Å². The number of nitrogens with zero attached hydrogens (tertiary/aromatic N) is 1. The van der Waals surface area contributed by atoms with E-state index in [1.165, 1.54) is 31.0 Å². The molecular formula is C18H17NO6S. The number of nitro benzene ring substituents is 1. The summed E-state index contributed by atoms with van der Waals surface area (Å²) in [4.78, 5) is 34.9. The minimum atomic E-state index is -0.555. The van der Waals surface area contributed by atoms with Crippen molar-refractivity contribution in [3.8, 4) is 5.75 Å². The smallest absolute Gasteiger partial charge is 0.319 e. The van der Waals surface area contributed by atoms with Gasteiger partial charge in [-0.25, -0.2) is 0 Å². The first-order valence-electron chi connectivity index (χ1n) is 7.65. The number of rotatable bonds is 8. The summed E-state index contributed by atoms with van der Waals surface area (Å²) in [5, 5.41) is 10.1. The van der Waals surface area contributed by atoms with Crippen molar-refractivity contribution in [1.82, 2.24) is 0 Å². The van der Waals surface area contributed by atoms with Crippen LogP contribution in [-0.2, 0) is 9.53 Å². The zero-order valence-electron chi connectivity index (χ0n) is 14.2. The lowest BCUT2D eigenvalue weighted by Crippen LogP contribution is -2.21. The van der Waals surface area contributed by atoms with Gasteiger partial charge in [0.05, 0.1) is 12.0 Å². The van der Waals surface area contributed by atoms with Gasteiger partial charge in [-0.3, -0.25) is 19.7 Å². The molecule has 26 heavy (non-hydrogen) atoms. The van der Waals surface area contributed by atoms with Gasteiger partial charge in [0.25, 0.3) is 5.69 Å². The standard InChI is InChI=1S/C18H17NO6S/c1-12(26-16-9-5-14(6-10-16)19(22)23)18(21)25-11-17(20)13-3-7-15(24-2)8-4-13/h3-10,12H,11H2,1-2H3/t12-/m0/s1. The molecule has 0 aromatic heterocycles. The Balaban J connectivity index is 1.85. The summed E-state index contributed by atoms with van der Waals surface area (Å²) < 4.78 is 10.1. The third-order valence-electron chi connectivity index (χ3n) is 3.45. The van der Waals surface area contributed by atoms with Gasteiger partial charge < -0.3 is 9.47 Å². The number of ketones is 1. The Bertz CT molecular complexity index is 788. The van der Waals surface area contributed by atoms with Gasteiger partial charge in [-0.15, -0.1) is 11.8 Å². The normalized spacial score (nSPS) is 11.5. The van der Waals surface area contributed by atoms with E-state index >= 15 is 0 Å². The molecule has 0 amide bonds. The molecule has 0 saturated heterocycles. The van der Waals surface area contributed by atoms with Crippen molar-refractivity contribution in [3.63, 3.8) is 0 Å². The second-order valence-corrected chi connectivity index (χ2v) is 6.68. The molecule has 7 nitrogen and oxygen atoms in total. The predicted molar refractivity (Wildman–Crippen MR) is 96.7 cm³/mol. The van der Waals surface area contributed by atoms with Gasteiger partial charge in [0.15, 0.2) is 12.4 Å². The summed E-state index contributed by atoms with van der Waals surface area (Å²) in [5.74, 6) is -0.213. The molecular weight excluding hydrogens is 358 g/mol. The highest BCUT2D eigenvalue weighted by Crippen LogP contribution is 2.26. The van der Waals surface area contributed by atoms with Gasteiger partial charge in [-0.2, -0.15) is 0 Å². The first-order chi connectivity index (χ1) is 12.4. The molecule has 8 heteroatoms. The van der Waals surface area contributed by atoms with E-state index in [0.29, 0.717) is 16.2 Å². The van der Waals surface area contributed by atoms with Crippen LogP contribution in [0.25, 0.3) is 0 Å². The van der Waals surface area contributed by atoms with Crippen LogP contribution in [0.2, 0.25) is 0 Å². The number of thioether (sulfide) groups is 1. The van der Waals surface area contributed by atoms with Crippen LogP contribution in [0.1, 0.15) is 17.3 Å². The zero-order chi connectivity index (χ0) is 19.1. The molecule has 0 saturated carbocycles. The van der Waals surface area contributed by atoms with Crippen LogP contribution in [0.15, 0.2) is 53.4 Å². The number of nitro groups is 1. The quantitative estimate of drug-likeness (QED) is 0.229. The molecule has 0 N–H and O–H groups in total. The highest BCUT2D eigenvalue weighted by atomic mass is 32.2. The van der Waals surface area contributed by atoms with Crippen molar-refractivity contribution in [3.05, 3.63) is 64.2 Å². The van der Waals surface area contributed by atoms with Crippen molar-refractivity contribution < 1.29 is 24.0 Å². The van der Waals surface area contributed by atoms with Crippen LogP contribution in [-0.4, -0.2) is 35.6 Å². The number of benzene rings is 2. The van der Waals surface area contributed by atoms with E-state index in [9.17, 15) is 19.7 Å². The highest BCUT2D eigenvalue weighted by Gasteiger charge is 2.18. The third kappa shape index (κ3) is 5.32. The van der Waals surface area contributed by atoms with Crippen molar-refractivity contribution in [1.29, 1.82) is 0 Å². The van der Waals surface area contributed by atoms with E-state index in [1.807, 2.05) is 0 Å². The van der Waals surface area contributed by atoms with E-state index in [1.54, 1.807) is 43.3 Å². The van der Waals surface area contributed by atoms with Crippen molar-refractivity contribution in [2.75, 3.05) is 13.7 Å². The number of ether oxygens (including phenoxy) is 2. The number of Topliss-reactive ketones (excluding diaryl/α,β-unsaturated/α-hetero) is 1. The number of non-ortho nitro benzene ring substituents is 1. The molecule has 0 bridgehead atoms. The number of hydrogen-bond acceptors (Lipinski definition) is 7. The van der Waals surface area contributed by atoms with Crippen LogP contribution in [0.3, 0.4) is 0 Å². The van der Waals surface area contributed by atoms with Crippen LogP contribution < -0.4 is 4.74 Å². The molecule has 0 aliphatic carbocycles. The molecule has 0 unspecified atom stereocenters. The monoisotopic (exact) mass is 375 g/mol. The highest BCUT2D eigenvalue weighted by molar-refractivity contribution is 8.00. The van der Waals surface area contributed by atoms with Crippen molar-refractivity contribution in [2.24, 2.45) is 0 Å². The summed E-state index contributed by atoms with van der Waals surface area (Å²) in [7, 11) is 1.53. The van der Waals surface area contributed by atoms with Crippen LogP contribution in [0.5, 0.6) is 5.75 Å². The lowest BCUT2D eigenvalue weighted by Gasteiger charge is -2.11. The fraction of sp³-hybridized carbons (Fsp3) is 0.222. The van der Waals surface area contributed by atoms with Gasteiger partial charge in [0.2, 0.25) is 0 Å². The number of esters is 1. The topological polar surface area (TPSA) is 95.7 Å².